The van der Waals surface area contributed by atoms with Crippen molar-refractivity contribution in [2.24, 2.45) is 0 Å². The second kappa shape index (κ2) is 12.0. The molecule has 0 spiro atoms. The van der Waals surface area contributed by atoms with Gasteiger partial charge in [0.05, 0.1) is 22.4 Å². The van der Waals surface area contributed by atoms with Gasteiger partial charge in [-0.2, -0.15) is 0 Å². The summed E-state index contributed by atoms with van der Waals surface area (Å²) in [6.07, 6.45) is 2.26. The molecule has 4 aromatic rings. The fourth-order valence-corrected chi connectivity index (χ4v) is 5.92. The molecule has 2 fully saturated rings. The van der Waals surface area contributed by atoms with Crippen LogP contribution in [-0.2, 0) is 25.0 Å². The van der Waals surface area contributed by atoms with E-state index in [1.165, 1.54) is 16.7 Å². The van der Waals surface area contributed by atoms with Gasteiger partial charge < -0.3 is 23.5 Å². The zero-order valence-corrected chi connectivity index (χ0v) is 28.9. The van der Waals surface area contributed by atoms with E-state index in [0.29, 0.717) is 0 Å². The Morgan fingerprint density at radius 1 is 0.457 bits per heavy atom. The largest absolute Gasteiger partial charge is 0.494 e. The number of anilines is 3. The molecule has 238 valence electrons. The van der Waals surface area contributed by atoms with Gasteiger partial charge in [-0.25, -0.2) is 0 Å². The number of nitrogens with zero attached hydrogens (tertiary/aromatic N) is 1. The molecular weight excluding hydrogens is 568 g/mol. The third-order valence-electron chi connectivity index (χ3n) is 10.3. The Kier molecular flexibility index (Phi) is 8.52. The Hall–Kier alpha value is -3.35. The molecule has 46 heavy (non-hydrogen) atoms. The lowest BCUT2D eigenvalue weighted by atomic mass is 9.79. The van der Waals surface area contributed by atoms with E-state index in [9.17, 15) is 0 Å². The van der Waals surface area contributed by atoms with E-state index < -0.39 is 14.2 Å². The van der Waals surface area contributed by atoms with Gasteiger partial charge >= 0.3 is 14.2 Å². The summed E-state index contributed by atoms with van der Waals surface area (Å²) in [5, 5.41) is 0. The van der Waals surface area contributed by atoms with E-state index >= 15 is 0 Å². The topological polar surface area (TPSA) is 40.2 Å². The summed E-state index contributed by atoms with van der Waals surface area (Å²) in [7, 11) is -0.815. The Morgan fingerprint density at radius 3 is 1.09 bits per heavy atom. The second-order valence-corrected chi connectivity index (χ2v) is 14.7. The van der Waals surface area contributed by atoms with E-state index in [1.807, 2.05) is 0 Å². The van der Waals surface area contributed by atoms with E-state index in [2.05, 4.69) is 164 Å². The van der Waals surface area contributed by atoms with Crippen LogP contribution >= 0.6 is 0 Å². The normalized spacial score (nSPS) is 19.4. The van der Waals surface area contributed by atoms with Crippen molar-refractivity contribution < 1.29 is 18.6 Å². The monoisotopic (exact) mass is 615 g/mol. The van der Waals surface area contributed by atoms with Crippen molar-refractivity contribution in [1.29, 1.82) is 0 Å². The molecule has 0 aliphatic carbocycles. The first-order chi connectivity index (χ1) is 21.7. The third kappa shape index (κ3) is 6.18. The minimum atomic E-state index is -0.408. The minimum Gasteiger partial charge on any atom is -0.399 e. The van der Waals surface area contributed by atoms with Gasteiger partial charge in [0.1, 0.15) is 0 Å². The zero-order valence-electron chi connectivity index (χ0n) is 28.9. The van der Waals surface area contributed by atoms with Gasteiger partial charge in [0.15, 0.2) is 0 Å². The Morgan fingerprint density at radius 2 is 0.761 bits per heavy atom. The highest BCUT2D eigenvalue weighted by Crippen LogP contribution is 2.39. The molecule has 0 aromatic heterocycles. The standard InChI is InChI=1S/C39H47B2NO4/c1-10-11-28-12-14-29(15-13-28)30-16-22-33(23-17-30)42(34-24-18-31(19-25-34)40-43-36(2,3)37(4,5)44-40)35-26-20-32(21-27-35)41-45-38(6,7)39(8,9)46-41/h12-27H,10-11H2,1-9H3. The first kappa shape index (κ1) is 32.6. The molecule has 0 bridgehead atoms. The molecule has 0 saturated carbocycles. The highest BCUT2D eigenvalue weighted by atomic mass is 16.7. The van der Waals surface area contributed by atoms with Crippen LogP contribution in [-0.4, -0.2) is 36.6 Å². The van der Waals surface area contributed by atoms with Gasteiger partial charge in [-0.1, -0.05) is 74.0 Å². The first-order valence-corrected chi connectivity index (χ1v) is 16.6. The van der Waals surface area contributed by atoms with E-state index in [4.69, 9.17) is 18.6 Å². The van der Waals surface area contributed by atoms with Gasteiger partial charge in [0.25, 0.3) is 0 Å². The van der Waals surface area contributed by atoms with E-state index in [1.54, 1.807) is 0 Å². The molecule has 2 aliphatic heterocycles. The summed E-state index contributed by atoms with van der Waals surface area (Å²) in [5.41, 5.74) is 7.38. The Bertz CT molecular complexity index is 1540. The van der Waals surface area contributed by atoms with Crippen LogP contribution in [0.3, 0.4) is 0 Å². The van der Waals surface area contributed by atoms with Crippen LogP contribution in [0.5, 0.6) is 0 Å². The lowest BCUT2D eigenvalue weighted by Gasteiger charge is -2.32. The summed E-state index contributed by atoms with van der Waals surface area (Å²) in [6.45, 7) is 18.9. The summed E-state index contributed by atoms with van der Waals surface area (Å²) in [4.78, 5) is 2.27. The van der Waals surface area contributed by atoms with Gasteiger partial charge in [0.2, 0.25) is 0 Å². The number of aryl methyl sites for hydroxylation is 1. The maximum Gasteiger partial charge on any atom is 0.494 e. The van der Waals surface area contributed by atoms with Gasteiger partial charge in [-0.3, -0.25) is 0 Å². The van der Waals surface area contributed by atoms with E-state index in [-0.39, 0.29) is 22.4 Å². The van der Waals surface area contributed by atoms with Crippen molar-refractivity contribution in [2.75, 3.05) is 4.90 Å². The molecule has 2 heterocycles. The maximum absolute atomic E-state index is 6.33. The lowest BCUT2D eigenvalue weighted by molar-refractivity contribution is 0.00578. The summed E-state index contributed by atoms with van der Waals surface area (Å²) in [6, 6.07) is 34.7. The SMILES string of the molecule is CCCc1ccc(-c2ccc(N(c3ccc(B4OC(C)(C)C(C)(C)O4)cc3)c3ccc(B4OC(C)(C)C(C)(C)O4)cc3)cc2)cc1. The molecule has 7 heteroatoms. The van der Waals surface area contributed by atoms with Crippen molar-refractivity contribution in [1.82, 2.24) is 0 Å². The predicted octanol–water partition coefficient (Wildman–Crippen LogP) is 8.37. The number of hydrogen-bond donors (Lipinski definition) is 0. The number of rotatable bonds is 8. The van der Waals surface area contributed by atoms with Gasteiger partial charge in [-0.15, -0.1) is 0 Å². The average molecular weight is 615 g/mol. The highest BCUT2D eigenvalue weighted by molar-refractivity contribution is 6.62. The smallest absolute Gasteiger partial charge is 0.399 e. The van der Waals surface area contributed by atoms with Gasteiger partial charge in [-0.05, 0) is 126 Å². The predicted molar refractivity (Wildman–Crippen MR) is 192 cm³/mol. The number of hydrogen-bond acceptors (Lipinski definition) is 5. The summed E-state index contributed by atoms with van der Waals surface area (Å²) >= 11 is 0. The lowest BCUT2D eigenvalue weighted by Crippen LogP contribution is -2.41. The molecule has 0 atom stereocenters. The van der Waals surface area contributed by atoms with Crippen LogP contribution in [0.15, 0.2) is 97.1 Å². The third-order valence-corrected chi connectivity index (χ3v) is 10.3. The molecule has 0 unspecified atom stereocenters. The van der Waals surface area contributed by atoms with Crippen LogP contribution in [0.1, 0.15) is 74.3 Å². The van der Waals surface area contributed by atoms with Crippen LogP contribution < -0.4 is 15.8 Å². The molecule has 2 aliphatic rings. The van der Waals surface area contributed by atoms with E-state index in [0.717, 1.165) is 40.8 Å². The van der Waals surface area contributed by atoms with Crippen molar-refractivity contribution >= 4 is 42.2 Å². The average Bonchev–Trinajstić information content (AvgIpc) is 3.38. The molecule has 4 aromatic carbocycles. The molecule has 2 saturated heterocycles. The van der Waals surface area contributed by atoms with Crippen molar-refractivity contribution in [2.45, 2.75) is 97.6 Å². The van der Waals surface area contributed by atoms with Crippen molar-refractivity contribution in [3.63, 3.8) is 0 Å². The zero-order chi connectivity index (χ0) is 32.9. The van der Waals surface area contributed by atoms with Crippen molar-refractivity contribution in [3.05, 3.63) is 103 Å². The molecule has 0 N–H and O–H groups in total. The maximum atomic E-state index is 6.33. The molecule has 5 nitrogen and oxygen atoms in total. The van der Waals surface area contributed by atoms with Crippen LogP contribution in [0, 0.1) is 0 Å². The Balaban J connectivity index is 1.31. The van der Waals surface area contributed by atoms with Crippen molar-refractivity contribution in [3.8, 4) is 11.1 Å². The van der Waals surface area contributed by atoms with Gasteiger partial charge in [0, 0.05) is 17.1 Å². The Labute approximate surface area is 276 Å². The fraction of sp³-hybridized carbons (Fsp3) is 0.385. The summed E-state index contributed by atoms with van der Waals surface area (Å²) in [5.74, 6) is 0. The van der Waals surface area contributed by atoms with Crippen LogP contribution in [0.25, 0.3) is 11.1 Å². The fourth-order valence-electron chi connectivity index (χ4n) is 5.92. The molecule has 0 radical (unpaired) electrons. The molecular formula is C39H47B2NO4. The van der Waals surface area contributed by atoms with Crippen LogP contribution in [0.4, 0.5) is 17.1 Å². The minimum absolute atomic E-state index is 0.390. The highest BCUT2D eigenvalue weighted by Gasteiger charge is 2.52. The number of benzene rings is 4. The first-order valence-electron chi connectivity index (χ1n) is 16.6. The molecule has 6 rings (SSSR count). The summed E-state index contributed by atoms with van der Waals surface area (Å²) < 4.78 is 25.3. The van der Waals surface area contributed by atoms with Crippen LogP contribution in [0.2, 0.25) is 0 Å². The quantitative estimate of drug-likeness (QED) is 0.186. The second-order valence-electron chi connectivity index (χ2n) is 14.7. The molecule has 0 amide bonds.